The smallest absolute Gasteiger partial charge is 0.383 e. The molecule has 0 bridgehead atoms. The van der Waals surface area contributed by atoms with Crippen LogP contribution in [0.1, 0.15) is 33.6 Å². The van der Waals surface area contributed by atoms with Gasteiger partial charge in [0.2, 0.25) is 6.29 Å². The fourth-order valence-corrected chi connectivity index (χ4v) is 3.59. The van der Waals surface area contributed by atoms with Crippen molar-refractivity contribution in [2.24, 2.45) is 0 Å². The maximum Gasteiger partial charge on any atom is 0.383 e. The van der Waals surface area contributed by atoms with Crippen LogP contribution in [-0.2, 0) is 4.74 Å². The summed E-state index contributed by atoms with van der Waals surface area (Å²) >= 11 is 0. The first-order chi connectivity index (χ1) is 16.6. The maximum atomic E-state index is 12.5. The van der Waals surface area contributed by atoms with Gasteiger partial charge in [-0.2, -0.15) is 0 Å². The lowest BCUT2D eigenvalue weighted by Gasteiger charge is -2.39. The van der Waals surface area contributed by atoms with Crippen molar-refractivity contribution in [3.05, 3.63) is 51.9 Å². The molecule has 3 rings (SSSR count). The fourth-order valence-electron chi connectivity index (χ4n) is 3.59. The topological polar surface area (TPSA) is 159 Å². The number of hydrogen-bond donors (Lipinski definition) is 5. The molecule has 0 unspecified atom stereocenters. The van der Waals surface area contributed by atoms with Gasteiger partial charge in [-0.3, -0.25) is 0 Å². The predicted octanol–water partition coefficient (Wildman–Crippen LogP) is 1.75. The Morgan fingerprint density at radius 2 is 1.83 bits per heavy atom. The zero-order valence-electron chi connectivity index (χ0n) is 19.9. The van der Waals surface area contributed by atoms with Crippen LogP contribution in [-0.4, -0.2) is 69.5 Å². The van der Waals surface area contributed by atoms with Crippen molar-refractivity contribution in [3.8, 4) is 17.2 Å². The van der Waals surface area contributed by atoms with Gasteiger partial charge in [0.1, 0.15) is 42.4 Å². The summed E-state index contributed by atoms with van der Waals surface area (Å²) in [5, 5.41) is 49.9. The molecule has 2 heterocycles. The highest BCUT2D eigenvalue weighted by atomic mass is 16.7. The van der Waals surface area contributed by atoms with E-state index < -0.39 is 54.4 Å². The molecule has 5 N–H and O–H groups in total. The summed E-state index contributed by atoms with van der Waals surface area (Å²) in [5.74, 6) is -0.781. The van der Waals surface area contributed by atoms with Gasteiger partial charge < -0.3 is 44.2 Å². The van der Waals surface area contributed by atoms with Crippen molar-refractivity contribution >= 4 is 11.0 Å². The van der Waals surface area contributed by atoms with Gasteiger partial charge >= 0.3 is 5.63 Å². The van der Waals surface area contributed by atoms with E-state index in [0.717, 1.165) is 12.8 Å². The van der Waals surface area contributed by atoms with E-state index in [1.165, 1.54) is 23.3 Å². The Morgan fingerprint density at radius 3 is 2.51 bits per heavy atom. The monoisotopic (exact) mass is 492 g/mol. The van der Waals surface area contributed by atoms with Crippen LogP contribution in [0.25, 0.3) is 11.0 Å². The van der Waals surface area contributed by atoms with Gasteiger partial charge in [0.05, 0.1) is 12.0 Å². The molecule has 1 aliphatic heterocycles. The quantitative estimate of drug-likeness (QED) is 0.258. The summed E-state index contributed by atoms with van der Waals surface area (Å²) in [4.78, 5) is 12.5. The van der Waals surface area contributed by atoms with Crippen LogP contribution in [0.4, 0.5) is 0 Å². The van der Waals surface area contributed by atoms with Gasteiger partial charge in [0.15, 0.2) is 5.75 Å². The molecule has 35 heavy (non-hydrogen) atoms. The second-order valence-electron chi connectivity index (χ2n) is 8.72. The number of allylic oxidation sites excluding steroid dienone is 3. The molecule has 1 fully saturated rings. The number of rotatable bonds is 9. The van der Waals surface area contributed by atoms with E-state index >= 15 is 0 Å². The number of hydrogen-bond acceptors (Lipinski definition) is 10. The van der Waals surface area contributed by atoms with Crippen molar-refractivity contribution in [3.63, 3.8) is 0 Å². The number of fused-ring (bicyclic) bond motifs is 1. The van der Waals surface area contributed by atoms with E-state index in [1.54, 1.807) is 6.07 Å². The van der Waals surface area contributed by atoms with Gasteiger partial charge in [-0.15, -0.1) is 0 Å². The Bertz CT molecular complexity index is 1130. The van der Waals surface area contributed by atoms with Crippen LogP contribution < -0.4 is 15.1 Å². The Kier molecular flexibility index (Phi) is 8.92. The minimum absolute atomic E-state index is 0.0513. The third-order valence-electron chi connectivity index (χ3n) is 5.67. The van der Waals surface area contributed by atoms with E-state index in [2.05, 4.69) is 19.9 Å². The molecule has 10 nitrogen and oxygen atoms in total. The first-order valence-electron chi connectivity index (χ1n) is 11.3. The van der Waals surface area contributed by atoms with E-state index in [9.17, 15) is 30.3 Å². The largest absolute Gasteiger partial charge is 0.504 e. The molecule has 2 aromatic rings. The molecule has 0 aliphatic carbocycles. The van der Waals surface area contributed by atoms with E-state index in [0.29, 0.717) is 12.4 Å². The van der Waals surface area contributed by atoms with Crippen molar-refractivity contribution in [2.75, 3.05) is 13.2 Å². The molecule has 1 aromatic carbocycles. The molecule has 1 saturated heterocycles. The van der Waals surface area contributed by atoms with Gasteiger partial charge in [-0.1, -0.05) is 17.2 Å². The molecule has 0 spiro atoms. The Morgan fingerprint density at radius 1 is 1.09 bits per heavy atom. The first kappa shape index (κ1) is 26.7. The molecule has 0 radical (unpaired) electrons. The second-order valence-corrected chi connectivity index (χ2v) is 8.72. The van der Waals surface area contributed by atoms with Crippen LogP contribution in [0.3, 0.4) is 0 Å². The molecular formula is C25H32O10. The molecule has 5 atom stereocenters. The summed E-state index contributed by atoms with van der Waals surface area (Å²) in [6.07, 6.45) is -1.92. The van der Waals surface area contributed by atoms with Gasteiger partial charge in [-0.05, 0) is 51.8 Å². The minimum Gasteiger partial charge on any atom is -0.504 e. The van der Waals surface area contributed by atoms with Crippen LogP contribution in [0, 0.1) is 0 Å². The Labute approximate surface area is 202 Å². The molecule has 192 valence electrons. The molecule has 0 amide bonds. The number of aromatic hydroxyl groups is 1. The van der Waals surface area contributed by atoms with Crippen molar-refractivity contribution < 1.29 is 44.2 Å². The summed E-state index contributed by atoms with van der Waals surface area (Å²) < 4.78 is 21.5. The van der Waals surface area contributed by atoms with Crippen LogP contribution in [0.15, 0.2) is 50.7 Å². The average molecular weight is 493 g/mol. The molecule has 10 heteroatoms. The SMILES string of the molecule is CC(C)=CCC/C(C)=C/COc1ccc2c(O)c(O[C@@H]3O[C@H](CO)[C@@H](O)[C@H](O)[C@H]3O)c(=O)oc2c1. The van der Waals surface area contributed by atoms with E-state index in [4.69, 9.17) is 18.6 Å². The maximum absolute atomic E-state index is 12.5. The zero-order chi connectivity index (χ0) is 25.7. The lowest BCUT2D eigenvalue weighted by atomic mass is 9.99. The van der Waals surface area contributed by atoms with Crippen molar-refractivity contribution in [2.45, 2.75) is 64.3 Å². The summed E-state index contributed by atoms with van der Waals surface area (Å²) in [6, 6.07) is 4.53. The van der Waals surface area contributed by atoms with E-state index in [1.807, 2.05) is 13.0 Å². The average Bonchev–Trinajstić information content (AvgIpc) is 2.81. The zero-order valence-corrected chi connectivity index (χ0v) is 19.9. The minimum atomic E-state index is -1.75. The van der Waals surface area contributed by atoms with Crippen LogP contribution in [0.5, 0.6) is 17.2 Å². The van der Waals surface area contributed by atoms with Gasteiger partial charge in [0.25, 0.3) is 5.75 Å². The lowest BCUT2D eigenvalue weighted by molar-refractivity contribution is -0.278. The lowest BCUT2D eigenvalue weighted by Crippen LogP contribution is -2.60. The highest BCUT2D eigenvalue weighted by Crippen LogP contribution is 2.35. The number of ether oxygens (including phenoxy) is 3. The van der Waals surface area contributed by atoms with Crippen LogP contribution in [0.2, 0.25) is 0 Å². The standard InChI is InChI=1S/C25H32O10/c1-13(2)5-4-6-14(3)9-10-32-15-7-8-16-17(11-15)33-24(31)23(19(16)27)35-25-22(30)21(29)20(28)18(12-26)34-25/h5,7-9,11,18,20-22,25-30H,4,6,10,12H2,1-3H3/b14-9+/t18-,20-,21+,22-,25+/m1/s1. The summed E-state index contributed by atoms with van der Waals surface area (Å²) in [7, 11) is 0. The third-order valence-corrected chi connectivity index (χ3v) is 5.67. The number of benzene rings is 1. The molecule has 0 saturated carbocycles. The third kappa shape index (κ3) is 6.41. The molecular weight excluding hydrogens is 460 g/mol. The summed E-state index contributed by atoms with van der Waals surface area (Å²) in [6.45, 7) is 5.79. The normalized spacial score (nSPS) is 24.9. The number of aliphatic hydroxyl groups excluding tert-OH is 4. The van der Waals surface area contributed by atoms with Crippen molar-refractivity contribution in [1.82, 2.24) is 0 Å². The number of aliphatic hydroxyl groups is 4. The first-order valence-corrected chi connectivity index (χ1v) is 11.3. The highest BCUT2D eigenvalue weighted by molar-refractivity contribution is 5.86. The Balaban J connectivity index is 1.74. The Hall–Kier alpha value is -2.89. The summed E-state index contributed by atoms with van der Waals surface area (Å²) in [5.41, 5.74) is 1.45. The highest BCUT2D eigenvalue weighted by Gasteiger charge is 2.45. The molecule has 1 aliphatic rings. The second kappa shape index (κ2) is 11.7. The predicted molar refractivity (Wildman–Crippen MR) is 126 cm³/mol. The molecule has 1 aromatic heterocycles. The van der Waals surface area contributed by atoms with Gasteiger partial charge in [0, 0.05) is 6.07 Å². The van der Waals surface area contributed by atoms with Gasteiger partial charge in [-0.25, -0.2) is 4.79 Å². The van der Waals surface area contributed by atoms with Crippen molar-refractivity contribution in [1.29, 1.82) is 0 Å². The van der Waals surface area contributed by atoms with E-state index in [-0.39, 0.29) is 11.0 Å². The fraction of sp³-hybridized carbons (Fsp3) is 0.480. The van der Waals surface area contributed by atoms with Crippen LogP contribution >= 0.6 is 0 Å².